The number of hydrogen-bond donors (Lipinski definition) is 1. The van der Waals surface area contributed by atoms with Gasteiger partial charge in [0.05, 0.1) is 13.1 Å². The van der Waals surface area contributed by atoms with Gasteiger partial charge in [-0.2, -0.15) is 0 Å². The summed E-state index contributed by atoms with van der Waals surface area (Å²) in [7, 11) is 0. The molecule has 1 saturated heterocycles. The summed E-state index contributed by atoms with van der Waals surface area (Å²) < 4.78 is 5.23. The molecule has 1 aromatic carbocycles. The zero-order valence-corrected chi connectivity index (χ0v) is 12.1. The van der Waals surface area contributed by atoms with Crippen LogP contribution in [-0.2, 0) is 9.53 Å². The molecular weight excluding hydrogens is 256 g/mol. The molecule has 0 aliphatic carbocycles. The Hall–Kier alpha value is -2.04. The second kappa shape index (κ2) is 5.94. The van der Waals surface area contributed by atoms with E-state index < -0.39 is 0 Å². The van der Waals surface area contributed by atoms with Gasteiger partial charge in [0.2, 0.25) is 5.91 Å². The first-order valence-corrected chi connectivity index (χ1v) is 6.80. The number of nitrogens with zero attached hydrogens (tertiary/aromatic N) is 1. The smallest absolute Gasteiger partial charge is 0.414 e. The molecule has 1 aromatic rings. The summed E-state index contributed by atoms with van der Waals surface area (Å²) in [5.74, 6) is 0.336. The minimum Gasteiger partial charge on any atom is -0.442 e. The van der Waals surface area contributed by atoms with Crippen molar-refractivity contribution in [3.63, 3.8) is 0 Å². The number of cyclic esters (lactones) is 1. The zero-order chi connectivity index (χ0) is 14.7. The van der Waals surface area contributed by atoms with Crippen LogP contribution in [0, 0.1) is 0 Å². The first kappa shape index (κ1) is 14.4. The average molecular weight is 276 g/mol. The Kier molecular flexibility index (Phi) is 4.27. The van der Waals surface area contributed by atoms with Crippen LogP contribution in [0.1, 0.15) is 32.3 Å². The van der Waals surface area contributed by atoms with Crippen LogP contribution in [0.25, 0.3) is 0 Å². The summed E-state index contributed by atoms with van der Waals surface area (Å²) >= 11 is 0. The Bertz CT molecular complexity index is 496. The fraction of sp³-hybridized carbons (Fsp3) is 0.467. The third-order valence-corrected chi connectivity index (χ3v) is 3.32. The standard InChI is InChI=1S/C15H20N2O3/c1-10(2)12-4-6-13(7-5-12)17-9-14(20-15(17)19)8-16-11(3)18/h4-7,10,14H,8-9H2,1-3H3,(H,16,18)/t14-/m1/s1. The van der Waals surface area contributed by atoms with Crippen molar-refractivity contribution < 1.29 is 14.3 Å². The van der Waals surface area contributed by atoms with Crippen LogP contribution in [0.2, 0.25) is 0 Å². The summed E-state index contributed by atoms with van der Waals surface area (Å²) in [5, 5.41) is 2.66. The third kappa shape index (κ3) is 3.29. The quantitative estimate of drug-likeness (QED) is 0.917. The molecule has 1 aliphatic rings. The predicted octanol–water partition coefficient (Wildman–Crippen LogP) is 2.27. The number of hydrogen-bond acceptors (Lipinski definition) is 3. The molecule has 1 heterocycles. The summed E-state index contributed by atoms with van der Waals surface area (Å²) in [6.07, 6.45) is -0.658. The topological polar surface area (TPSA) is 58.6 Å². The normalized spacial score (nSPS) is 18.3. The number of carbonyl (C=O) groups excluding carboxylic acids is 2. The van der Waals surface area contributed by atoms with Gasteiger partial charge in [-0.1, -0.05) is 26.0 Å². The van der Waals surface area contributed by atoms with Gasteiger partial charge in [0.15, 0.2) is 0 Å². The number of nitrogens with one attached hydrogen (secondary N) is 1. The Morgan fingerprint density at radius 2 is 2.05 bits per heavy atom. The third-order valence-electron chi connectivity index (χ3n) is 3.32. The predicted molar refractivity (Wildman–Crippen MR) is 76.8 cm³/mol. The molecule has 1 N–H and O–H groups in total. The fourth-order valence-electron chi connectivity index (χ4n) is 2.14. The molecule has 0 radical (unpaired) electrons. The lowest BCUT2D eigenvalue weighted by Gasteiger charge is -2.14. The van der Waals surface area contributed by atoms with Gasteiger partial charge in [-0.25, -0.2) is 4.79 Å². The van der Waals surface area contributed by atoms with Crippen molar-refractivity contribution in [2.24, 2.45) is 0 Å². The number of rotatable bonds is 4. The molecule has 1 aliphatic heterocycles. The van der Waals surface area contributed by atoms with Gasteiger partial charge in [0, 0.05) is 12.6 Å². The van der Waals surface area contributed by atoms with Crippen LogP contribution in [0.4, 0.5) is 10.5 Å². The number of ether oxygens (including phenoxy) is 1. The van der Waals surface area contributed by atoms with Crippen LogP contribution in [0.5, 0.6) is 0 Å². The van der Waals surface area contributed by atoms with E-state index in [9.17, 15) is 9.59 Å². The van der Waals surface area contributed by atoms with E-state index in [1.54, 1.807) is 4.90 Å². The SMILES string of the molecule is CC(=O)NC[C@@H]1CN(c2ccc(C(C)C)cc2)C(=O)O1. The van der Waals surface area contributed by atoms with Gasteiger partial charge in [0.1, 0.15) is 6.10 Å². The second-order valence-corrected chi connectivity index (χ2v) is 5.30. The molecule has 1 atom stereocenters. The highest BCUT2D eigenvalue weighted by Gasteiger charge is 2.32. The van der Waals surface area contributed by atoms with E-state index in [4.69, 9.17) is 4.74 Å². The lowest BCUT2D eigenvalue weighted by atomic mass is 10.0. The number of amides is 2. The maximum atomic E-state index is 11.8. The van der Waals surface area contributed by atoms with E-state index in [0.717, 1.165) is 5.69 Å². The minimum atomic E-state index is -0.363. The van der Waals surface area contributed by atoms with Crippen molar-refractivity contribution in [2.75, 3.05) is 18.0 Å². The second-order valence-electron chi connectivity index (χ2n) is 5.30. The Morgan fingerprint density at radius 1 is 1.40 bits per heavy atom. The van der Waals surface area contributed by atoms with Gasteiger partial charge in [-0.05, 0) is 23.6 Å². The highest BCUT2D eigenvalue weighted by atomic mass is 16.6. The van der Waals surface area contributed by atoms with E-state index in [1.165, 1.54) is 12.5 Å². The van der Waals surface area contributed by atoms with E-state index in [-0.39, 0.29) is 18.1 Å². The highest BCUT2D eigenvalue weighted by Crippen LogP contribution is 2.24. The van der Waals surface area contributed by atoms with Gasteiger partial charge in [0.25, 0.3) is 0 Å². The van der Waals surface area contributed by atoms with Crippen molar-refractivity contribution in [2.45, 2.75) is 32.8 Å². The van der Waals surface area contributed by atoms with Crippen molar-refractivity contribution in [1.29, 1.82) is 0 Å². The number of carbonyl (C=O) groups is 2. The molecule has 5 nitrogen and oxygen atoms in total. The first-order valence-electron chi connectivity index (χ1n) is 6.80. The molecule has 0 saturated carbocycles. The lowest BCUT2D eigenvalue weighted by molar-refractivity contribution is -0.119. The first-order chi connectivity index (χ1) is 9.47. The van der Waals surface area contributed by atoms with Crippen LogP contribution in [-0.4, -0.2) is 31.2 Å². The highest BCUT2D eigenvalue weighted by molar-refractivity contribution is 5.89. The van der Waals surface area contributed by atoms with E-state index >= 15 is 0 Å². The zero-order valence-electron chi connectivity index (χ0n) is 12.1. The molecule has 0 spiro atoms. The number of anilines is 1. The molecule has 5 heteroatoms. The molecule has 0 unspecified atom stereocenters. The lowest BCUT2D eigenvalue weighted by Crippen LogP contribution is -2.33. The molecular formula is C15H20N2O3. The summed E-state index contributed by atoms with van der Waals surface area (Å²) in [6.45, 7) is 6.51. The average Bonchev–Trinajstić information content (AvgIpc) is 2.78. The van der Waals surface area contributed by atoms with Gasteiger partial charge in [-0.15, -0.1) is 0 Å². The number of benzene rings is 1. The molecule has 0 bridgehead atoms. The van der Waals surface area contributed by atoms with Crippen molar-refractivity contribution in [3.05, 3.63) is 29.8 Å². The minimum absolute atomic E-state index is 0.124. The van der Waals surface area contributed by atoms with Crippen molar-refractivity contribution in [3.8, 4) is 0 Å². The van der Waals surface area contributed by atoms with Crippen LogP contribution in [0.15, 0.2) is 24.3 Å². The van der Waals surface area contributed by atoms with Crippen LogP contribution >= 0.6 is 0 Å². The van der Waals surface area contributed by atoms with Crippen LogP contribution in [0.3, 0.4) is 0 Å². The van der Waals surface area contributed by atoms with Crippen molar-refractivity contribution in [1.82, 2.24) is 5.32 Å². The monoisotopic (exact) mass is 276 g/mol. The van der Waals surface area contributed by atoms with Crippen molar-refractivity contribution >= 4 is 17.7 Å². The molecule has 1 fully saturated rings. The largest absolute Gasteiger partial charge is 0.442 e. The van der Waals surface area contributed by atoms with Gasteiger partial charge >= 0.3 is 6.09 Å². The van der Waals surface area contributed by atoms with E-state index in [2.05, 4.69) is 19.2 Å². The molecule has 0 aromatic heterocycles. The maximum absolute atomic E-state index is 11.8. The summed E-state index contributed by atoms with van der Waals surface area (Å²) in [4.78, 5) is 24.3. The van der Waals surface area contributed by atoms with Gasteiger partial charge < -0.3 is 10.1 Å². The van der Waals surface area contributed by atoms with E-state index in [1.807, 2.05) is 24.3 Å². The van der Waals surface area contributed by atoms with E-state index in [0.29, 0.717) is 19.0 Å². The van der Waals surface area contributed by atoms with Gasteiger partial charge in [-0.3, -0.25) is 9.69 Å². The summed E-state index contributed by atoms with van der Waals surface area (Å²) in [5.41, 5.74) is 2.06. The Labute approximate surface area is 118 Å². The molecule has 20 heavy (non-hydrogen) atoms. The molecule has 2 amide bonds. The maximum Gasteiger partial charge on any atom is 0.414 e. The molecule has 108 valence electrons. The Morgan fingerprint density at radius 3 is 2.60 bits per heavy atom. The summed E-state index contributed by atoms with van der Waals surface area (Å²) in [6, 6.07) is 7.90. The molecule has 2 rings (SSSR count). The van der Waals surface area contributed by atoms with Crippen LogP contribution < -0.4 is 10.2 Å². The fourth-order valence-corrected chi connectivity index (χ4v) is 2.14. The Balaban J connectivity index is 2.02.